The Morgan fingerprint density at radius 2 is 2.12 bits per heavy atom. The van der Waals surface area contributed by atoms with Gasteiger partial charge in [0.25, 0.3) is 0 Å². The van der Waals surface area contributed by atoms with Crippen molar-refractivity contribution >= 4 is 5.91 Å². The highest BCUT2D eigenvalue weighted by molar-refractivity contribution is 5.78. The maximum Gasteiger partial charge on any atom is 0.234 e. The summed E-state index contributed by atoms with van der Waals surface area (Å²) in [5.41, 5.74) is 1.04. The molecule has 16 heavy (non-hydrogen) atoms. The van der Waals surface area contributed by atoms with Gasteiger partial charge in [0, 0.05) is 0 Å². The summed E-state index contributed by atoms with van der Waals surface area (Å²) in [5.74, 6) is -0.350. The molecule has 1 amide bonds. The molecule has 0 spiro atoms. The molecule has 0 saturated carbocycles. The van der Waals surface area contributed by atoms with E-state index in [2.05, 4.69) is 5.32 Å². The zero-order valence-corrected chi connectivity index (χ0v) is 8.89. The first-order valence-electron chi connectivity index (χ1n) is 5.07. The predicted octanol–water partition coefficient (Wildman–Crippen LogP) is 0.620. The van der Waals surface area contributed by atoms with E-state index in [-0.39, 0.29) is 25.0 Å². The molecule has 0 radical (unpaired) electrons. The molecule has 0 aromatic heterocycles. The molecular formula is C12H14N2O2. The van der Waals surface area contributed by atoms with Crippen molar-refractivity contribution in [2.24, 2.45) is 0 Å². The van der Waals surface area contributed by atoms with Gasteiger partial charge in [-0.3, -0.25) is 4.79 Å². The molecule has 84 valence electrons. The van der Waals surface area contributed by atoms with Gasteiger partial charge in [-0.25, -0.2) is 0 Å². The van der Waals surface area contributed by atoms with Crippen molar-refractivity contribution in [3.8, 4) is 6.07 Å². The van der Waals surface area contributed by atoms with E-state index in [1.54, 1.807) is 6.07 Å². The molecule has 4 heteroatoms. The van der Waals surface area contributed by atoms with Crippen LogP contribution < -0.4 is 5.32 Å². The van der Waals surface area contributed by atoms with E-state index in [9.17, 15) is 4.79 Å². The van der Waals surface area contributed by atoms with Crippen molar-refractivity contribution in [3.05, 3.63) is 35.9 Å². The molecule has 0 aliphatic carbocycles. The summed E-state index contributed by atoms with van der Waals surface area (Å²) >= 11 is 0. The number of amides is 1. The second-order valence-corrected chi connectivity index (χ2v) is 3.47. The first-order valence-corrected chi connectivity index (χ1v) is 5.07. The Morgan fingerprint density at radius 1 is 1.44 bits per heavy atom. The lowest BCUT2D eigenvalue weighted by Crippen LogP contribution is -2.38. The van der Waals surface area contributed by atoms with E-state index in [0.717, 1.165) is 5.56 Å². The zero-order chi connectivity index (χ0) is 11.8. The SMILES string of the molecule is N#CCC(=O)NC(CO)Cc1ccccc1. The Morgan fingerprint density at radius 3 is 2.69 bits per heavy atom. The fraction of sp³-hybridized carbons (Fsp3) is 0.333. The minimum absolute atomic E-state index is 0.133. The van der Waals surface area contributed by atoms with Gasteiger partial charge in [0.15, 0.2) is 0 Å². The largest absolute Gasteiger partial charge is 0.394 e. The molecule has 0 aliphatic rings. The van der Waals surface area contributed by atoms with Gasteiger partial charge in [-0.2, -0.15) is 5.26 Å². The van der Waals surface area contributed by atoms with Crippen molar-refractivity contribution in [1.82, 2.24) is 5.32 Å². The number of aliphatic hydroxyl groups excluding tert-OH is 1. The molecule has 2 N–H and O–H groups in total. The normalized spacial score (nSPS) is 11.5. The Bertz CT molecular complexity index is 370. The van der Waals surface area contributed by atoms with Crippen LogP contribution in [0.15, 0.2) is 30.3 Å². The van der Waals surface area contributed by atoms with Gasteiger partial charge >= 0.3 is 0 Å². The van der Waals surface area contributed by atoms with Gasteiger partial charge in [0.2, 0.25) is 5.91 Å². The van der Waals surface area contributed by atoms with Gasteiger partial charge in [-0.15, -0.1) is 0 Å². The average molecular weight is 218 g/mol. The van der Waals surface area contributed by atoms with E-state index in [1.165, 1.54) is 0 Å². The number of nitrogens with one attached hydrogen (secondary N) is 1. The van der Waals surface area contributed by atoms with Crippen LogP contribution in [0.2, 0.25) is 0 Å². The molecule has 1 aromatic rings. The Balaban J connectivity index is 2.50. The number of hydrogen-bond acceptors (Lipinski definition) is 3. The summed E-state index contributed by atoms with van der Waals surface area (Å²) < 4.78 is 0. The van der Waals surface area contributed by atoms with Crippen molar-refractivity contribution in [3.63, 3.8) is 0 Å². The number of carbonyl (C=O) groups excluding carboxylic acids is 1. The molecule has 1 unspecified atom stereocenters. The molecule has 0 bridgehead atoms. The summed E-state index contributed by atoms with van der Waals surface area (Å²) in [6, 6.07) is 11.0. The van der Waals surface area contributed by atoms with Crippen LogP contribution >= 0.6 is 0 Å². The third-order valence-corrected chi connectivity index (χ3v) is 2.15. The number of carbonyl (C=O) groups is 1. The lowest BCUT2D eigenvalue weighted by Gasteiger charge is -2.15. The van der Waals surface area contributed by atoms with Crippen molar-refractivity contribution < 1.29 is 9.90 Å². The Labute approximate surface area is 94.5 Å². The quantitative estimate of drug-likeness (QED) is 0.761. The van der Waals surface area contributed by atoms with Crippen LogP contribution in [-0.2, 0) is 11.2 Å². The van der Waals surface area contributed by atoms with Gasteiger partial charge in [0.1, 0.15) is 6.42 Å². The minimum Gasteiger partial charge on any atom is -0.394 e. The fourth-order valence-corrected chi connectivity index (χ4v) is 1.41. The third kappa shape index (κ3) is 4.11. The first-order chi connectivity index (χ1) is 7.76. The van der Waals surface area contributed by atoms with E-state index < -0.39 is 0 Å². The van der Waals surface area contributed by atoms with E-state index in [0.29, 0.717) is 6.42 Å². The van der Waals surface area contributed by atoms with Crippen LogP contribution in [0.4, 0.5) is 0 Å². The van der Waals surface area contributed by atoms with Crippen LogP contribution in [0.25, 0.3) is 0 Å². The maximum atomic E-state index is 11.2. The number of nitrogens with zero attached hydrogens (tertiary/aromatic N) is 1. The smallest absolute Gasteiger partial charge is 0.234 e. The van der Waals surface area contributed by atoms with Crippen molar-refractivity contribution in [2.75, 3.05) is 6.61 Å². The van der Waals surface area contributed by atoms with E-state index >= 15 is 0 Å². The van der Waals surface area contributed by atoms with Gasteiger partial charge in [-0.1, -0.05) is 30.3 Å². The topological polar surface area (TPSA) is 73.1 Å². The predicted molar refractivity (Wildman–Crippen MR) is 59.4 cm³/mol. The zero-order valence-electron chi connectivity index (χ0n) is 8.89. The minimum atomic E-state index is -0.350. The van der Waals surface area contributed by atoms with Crippen molar-refractivity contribution in [2.45, 2.75) is 18.9 Å². The van der Waals surface area contributed by atoms with Crippen molar-refractivity contribution in [1.29, 1.82) is 5.26 Å². The highest BCUT2D eigenvalue weighted by Crippen LogP contribution is 2.02. The van der Waals surface area contributed by atoms with Crippen LogP contribution in [-0.4, -0.2) is 23.7 Å². The van der Waals surface area contributed by atoms with Crippen LogP contribution in [0.3, 0.4) is 0 Å². The van der Waals surface area contributed by atoms with E-state index in [4.69, 9.17) is 10.4 Å². The fourth-order valence-electron chi connectivity index (χ4n) is 1.41. The molecule has 0 saturated heterocycles. The molecule has 1 atom stereocenters. The lowest BCUT2D eigenvalue weighted by molar-refractivity contribution is -0.121. The molecule has 0 fully saturated rings. The van der Waals surface area contributed by atoms with E-state index in [1.807, 2.05) is 30.3 Å². The molecule has 1 rings (SSSR count). The summed E-state index contributed by atoms with van der Waals surface area (Å²) in [6.07, 6.45) is 0.389. The highest BCUT2D eigenvalue weighted by atomic mass is 16.3. The van der Waals surface area contributed by atoms with Gasteiger partial charge in [0.05, 0.1) is 18.7 Å². The second-order valence-electron chi connectivity index (χ2n) is 3.47. The van der Waals surface area contributed by atoms with Gasteiger partial charge < -0.3 is 10.4 Å². The molecule has 4 nitrogen and oxygen atoms in total. The number of hydrogen-bond donors (Lipinski definition) is 2. The maximum absolute atomic E-state index is 11.2. The Kier molecular flexibility index (Phi) is 5.03. The second kappa shape index (κ2) is 6.59. The van der Waals surface area contributed by atoms with Gasteiger partial charge in [-0.05, 0) is 12.0 Å². The van der Waals surface area contributed by atoms with Crippen LogP contribution in [0, 0.1) is 11.3 Å². The standard InChI is InChI=1S/C12H14N2O2/c13-7-6-12(16)14-11(9-15)8-10-4-2-1-3-5-10/h1-5,11,15H,6,8-9H2,(H,14,16). The van der Waals surface area contributed by atoms with Crippen LogP contribution in [0.5, 0.6) is 0 Å². The Hall–Kier alpha value is -1.86. The number of aliphatic hydroxyl groups is 1. The molecule has 0 heterocycles. The summed E-state index contributed by atoms with van der Waals surface area (Å²) in [6.45, 7) is -0.133. The average Bonchev–Trinajstić information content (AvgIpc) is 2.30. The summed E-state index contributed by atoms with van der Waals surface area (Å²) in [7, 11) is 0. The summed E-state index contributed by atoms with van der Waals surface area (Å²) in [5, 5.41) is 20.1. The highest BCUT2D eigenvalue weighted by Gasteiger charge is 2.11. The molecular weight excluding hydrogens is 204 g/mol. The van der Waals surface area contributed by atoms with Crippen LogP contribution in [0.1, 0.15) is 12.0 Å². The number of nitriles is 1. The first kappa shape index (κ1) is 12.2. The number of benzene rings is 1. The molecule has 0 aliphatic heterocycles. The lowest BCUT2D eigenvalue weighted by atomic mass is 10.1. The third-order valence-electron chi connectivity index (χ3n) is 2.15. The summed E-state index contributed by atoms with van der Waals surface area (Å²) in [4.78, 5) is 11.2. The molecule has 1 aromatic carbocycles. The monoisotopic (exact) mass is 218 g/mol. The number of rotatable bonds is 5.